The molecule has 4 rings (SSSR count). The molecule has 0 radical (unpaired) electrons. The van der Waals surface area contributed by atoms with Gasteiger partial charge in [0.25, 0.3) is 5.91 Å². The summed E-state index contributed by atoms with van der Waals surface area (Å²) in [4.78, 5) is 32.3. The minimum Gasteiger partial charge on any atom is -0.455 e. The molecule has 0 spiro atoms. The minimum atomic E-state index is -4.42. The molecule has 0 N–H and O–H groups in total. The van der Waals surface area contributed by atoms with Crippen molar-refractivity contribution in [1.82, 2.24) is 4.98 Å². The number of carbonyl (C=O) groups excluding carboxylic acids is 2. The second-order valence-corrected chi connectivity index (χ2v) is 7.70. The minimum absolute atomic E-state index is 0.246. The number of aromatic nitrogens is 1. The Morgan fingerprint density at radius 3 is 2.48 bits per heavy atom. The molecule has 9 heteroatoms. The fraction of sp³-hybridized carbons (Fsp3) is 0.409. The van der Waals surface area contributed by atoms with Crippen molar-refractivity contribution in [3.05, 3.63) is 53.7 Å². The summed E-state index contributed by atoms with van der Waals surface area (Å²) in [5.41, 5.74) is 1.17. The fourth-order valence-electron chi connectivity index (χ4n) is 4.01. The second-order valence-electron chi connectivity index (χ2n) is 7.70. The first kappa shape index (κ1) is 21.1. The zero-order valence-electron chi connectivity index (χ0n) is 16.8. The maximum atomic E-state index is 12.7. The molecule has 2 aliphatic heterocycles. The topological polar surface area (TPSA) is 62.7 Å². The number of halogens is 3. The number of nitrogens with zero attached hydrogens (tertiary/aromatic N) is 3. The highest BCUT2D eigenvalue weighted by atomic mass is 19.4. The van der Waals surface area contributed by atoms with Crippen molar-refractivity contribution in [2.45, 2.75) is 25.4 Å². The van der Waals surface area contributed by atoms with Crippen molar-refractivity contribution in [1.29, 1.82) is 0 Å². The third kappa shape index (κ3) is 4.65. The van der Waals surface area contributed by atoms with Crippen LogP contribution in [0.1, 0.15) is 24.0 Å². The molecule has 1 aromatic carbocycles. The van der Waals surface area contributed by atoms with Gasteiger partial charge in [-0.3, -0.25) is 9.59 Å². The average molecular weight is 433 g/mol. The Labute approximate surface area is 177 Å². The second kappa shape index (κ2) is 8.56. The highest BCUT2D eigenvalue weighted by Gasteiger charge is 2.32. The van der Waals surface area contributed by atoms with Crippen molar-refractivity contribution < 1.29 is 27.5 Å². The molecule has 2 aromatic rings. The van der Waals surface area contributed by atoms with Crippen LogP contribution in [0, 0.1) is 5.92 Å². The molecular formula is C22H22F3N3O3. The van der Waals surface area contributed by atoms with Crippen LogP contribution in [0.3, 0.4) is 0 Å². The molecular weight excluding hydrogens is 411 g/mol. The standard InChI is InChI=1S/C22H22F3N3O3/c23-22(24,25)17-5-6-19(26-13-17)27-10-7-16(8-11-27)21(30)31-14-20(29)28-12-9-15-3-1-2-4-18(15)28/h1-6,13,16H,7-12,14H2. The van der Waals surface area contributed by atoms with Crippen LogP contribution >= 0.6 is 0 Å². The smallest absolute Gasteiger partial charge is 0.417 e. The van der Waals surface area contributed by atoms with E-state index in [2.05, 4.69) is 4.98 Å². The van der Waals surface area contributed by atoms with Gasteiger partial charge in [-0.2, -0.15) is 13.2 Å². The Bertz CT molecular complexity index is 954. The van der Waals surface area contributed by atoms with Crippen LogP contribution in [0.25, 0.3) is 0 Å². The summed E-state index contributed by atoms with van der Waals surface area (Å²) in [7, 11) is 0. The van der Waals surface area contributed by atoms with E-state index in [-0.39, 0.29) is 18.4 Å². The molecule has 1 amide bonds. The summed E-state index contributed by atoms with van der Waals surface area (Å²) >= 11 is 0. The number of piperidine rings is 1. The first-order valence-corrected chi connectivity index (χ1v) is 10.2. The highest BCUT2D eigenvalue weighted by molar-refractivity contribution is 5.97. The van der Waals surface area contributed by atoms with Gasteiger partial charge in [-0.25, -0.2) is 4.98 Å². The number of rotatable bonds is 4. The number of pyridine rings is 1. The first-order chi connectivity index (χ1) is 14.8. The molecule has 31 heavy (non-hydrogen) atoms. The quantitative estimate of drug-likeness (QED) is 0.692. The zero-order chi connectivity index (χ0) is 22.0. The lowest BCUT2D eigenvalue weighted by Crippen LogP contribution is -2.39. The van der Waals surface area contributed by atoms with Gasteiger partial charge in [0.1, 0.15) is 5.82 Å². The number of hydrogen-bond donors (Lipinski definition) is 0. The van der Waals surface area contributed by atoms with E-state index in [0.717, 1.165) is 29.9 Å². The normalized spacial score (nSPS) is 16.9. The molecule has 1 aromatic heterocycles. The number of para-hydroxylation sites is 1. The van der Waals surface area contributed by atoms with Crippen molar-refractivity contribution in [2.75, 3.05) is 36.0 Å². The predicted octanol–water partition coefficient (Wildman–Crippen LogP) is 3.45. The van der Waals surface area contributed by atoms with Crippen LogP contribution in [0.4, 0.5) is 24.7 Å². The van der Waals surface area contributed by atoms with E-state index in [1.165, 1.54) is 6.07 Å². The van der Waals surface area contributed by atoms with Crippen molar-refractivity contribution in [3.63, 3.8) is 0 Å². The number of carbonyl (C=O) groups is 2. The summed E-state index contributed by atoms with van der Waals surface area (Å²) in [6, 6.07) is 10.0. The Morgan fingerprint density at radius 2 is 1.81 bits per heavy atom. The number of fused-ring (bicyclic) bond motifs is 1. The molecule has 0 bridgehead atoms. The molecule has 0 unspecified atom stereocenters. The van der Waals surface area contributed by atoms with E-state index in [0.29, 0.717) is 38.3 Å². The van der Waals surface area contributed by atoms with Gasteiger partial charge < -0.3 is 14.5 Å². The number of hydrogen-bond acceptors (Lipinski definition) is 5. The van der Waals surface area contributed by atoms with Gasteiger partial charge in [0.15, 0.2) is 6.61 Å². The van der Waals surface area contributed by atoms with Gasteiger partial charge in [-0.1, -0.05) is 18.2 Å². The van der Waals surface area contributed by atoms with Gasteiger partial charge in [0, 0.05) is 31.5 Å². The van der Waals surface area contributed by atoms with Crippen molar-refractivity contribution in [2.24, 2.45) is 5.92 Å². The number of ether oxygens (including phenoxy) is 1. The van der Waals surface area contributed by atoms with Crippen LogP contribution in [0.2, 0.25) is 0 Å². The van der Waals surface area contributed by atoms with E-state index in [1.54, 1.807) is 4.90 Å². The summed E-state index contributed by atoms with van der Waals surface area (Å²) in [6.45, 7) is 1.24. The van der Waals surface area contributed by atoms with Gasteiger partial charge in [0.2, 0.25) is 0 Å². The van der Waals surface area contributed by atoms with Crippen LogP contribution in [0.15, 0.2) is 42.6 Å². The molecule has 164 valence electrons. The first-order valence-electron chi connectivity index (χ1n) is 10.2. The molecule has 1 saturated heterocycles. The largest absolute Gasteiger partial charge is 0.455 e. The fourth-order valence-corrected chi connectivity index (χ4v) is 4.01. The van der Waals surface area contributed by atoms with Crippen molar-refractivity contribution >= 4 is 23.4 Å². The molecule has 6 nitrogen and oxygen atoms in total. The van der Waals surface area contributed by atoms with E-state index in [1.807, 2.05) is 29.2 Å². The average Bonchev–Trinajstić information content (AvgIpc) is 3.21. The maximum absolute atomic E-state index is 12.7. The van der Waals surface area contributed by atoms with Gasteiger partial charge >= 0.3 is 12.1 Å². The van der Waals surface area contributed by atoms with E-state index in [4.69, 9.17) is 4.74 Å². The van der Waals surface area contributed by atoms with E-state index >= 15 is 0 Å². The van der Waals surface area contributed by atoms with Crippen LogP contribution in [-0.2, 0) is 26.9 Å². The summed E-state index contributed by atoms with van der Waals surface area (Å²) in [5.74, 6) is -0.558. The molecule has 3 heterocycles. The maximum Gasteiger partial charge on any atom is 0.417 e. The molecule has 0 aliphatic carbocycles. The monoisotopic (exact) mass is 433 g/mol. The van der Waals surface area contributed by atoms with E-state index < -0.39 is 17.7 Å². The number of anilines is 2. The van der Waals surface area contributed by atoms with Gasteiger partial charge in [-0.05, 0) is 43.0 Å². The Balaban J connectivity index is 1.26. The number of amides is 1. The molecule has 0 saturated carbocycles. The lowest BCUT2D eigenvalue weighted by Gasteiger charge is -2.31. The van der Waals surface area contributed by atoms with Crippen LogP contribution in [-0.4, -0.2) is 43.1 Å². The van der Waals surface area contributed by atoms with Gasteiger partial charge in [0.05, 0.1) is 11.5 Å². The Hall–Kier alpha value is -3.10. The number of esters is 1. The molecule has 1 fully saturated rings. The molecule has 0 atom stereocenters. The van der Waals surface area contributed by atoms with E-state index in [9.17, 15) is 22.8 Å². The Morgan fingerprint density at radius 1 is 1.06 bits per heavy atom. The SMILES string of the molecule is O=C(OCC(=O)N1CCc2ccccc21)C1CCN(c2ccc(C(F)(F)F)cn2)CC1. The third-order valence-corrected chi connectivity index (χ3v) is 5.75. The lowest BCUT2D eigenvalue weighted by atomic mass is 9.97. The summed E-state index contributed by atoms with van der Waals surface area (Å²) in [6.07, 6.45) is -1.84. The molecule has 2 aliphatic rings. The van der Waals surface area contributed by atoms with Crippen LogP contribution < -0.4 is 9.80 Å². The van der Waals surface area contributed by atoms with Crippen LogP contribution in [0.5, 0.6) is 0 Å². The summed E-state index contributed by atoms with van der Waals surface area (Å²) in [5, 5.41) is 0. The van der Waals surface area contributed by atoms with Gasteiger partial charge in [-0.15, -0.1) is 0 Å². The lowest BCUT2D eigenvalue weighted by molar-refractivity contribution is -0.152. The predicted molar refractivity (Wildman–Crippen MR) is 108 cm³/mol. The summed E-state index contributed by atoms with van der Waals surface area (Å²) < 4.78 is 43.3. The Kier molecular flexibility index (Phi) is 5.84. The highest BCUT2D eigenvalue weighted by Crippen LogP contribution is 2.30. The number of benzene rings is 1. The third-order valence-electron chi connectivity index (χ3n) is 5.75. The zero-order valence-corrected chi connectivity index (χ0v) is 16.8. The number of alkyl halides is 3. The van der Waals surface area contributed by atoms with Crippen molar-refractivity contribution in [3.8, 4) is 0 Å².